The van der Waals surface area contributed by atoms with Crippen LogP contribution in [0.5, 0.6) is 0 Å². The standard InChI is InChI=1S/C17H16N2O5/c20-15-7-1-3-9-18(15)11-5-13-23-17(22)24-14-6-12-19-10-4-2-8-16(19)21/h1-12H,13-14H2. The van der Waals surface area contributed by atoms with Gasteiger partial charge in [-0.3, -0.25) is 18.7 Å². The van der Waals surface area contributed by atoms with E-state index in [4.69, 9.17) is 9.47 Å². The first-order valence-electron chi connectivity index (χ1n) is 7.14. The van der Waals surface area contributed by atoms with E-state index in [2.05, 4.69) is 0 Å². The average molecular weight is 328 g/mol. The third-order valence-corrected chi connectivity index (χ3v) is 2.83. The number of pyridine rings is 2. The third-order valence-electron chi connectivity index (χ3n) is 2.83. The molecule has 7 heteroatoms. The highest BCUT2D eigenvalue weighted by Gasteiger charge is 1.99. The molecule has 7 nitrogen and oxygen atoms in total. The van der Waals surface area contributed by atoms with Gasteiger partial charge in [0, 0.05) is 36.9 Å². The number of aromatic nitrogens is 2. The molecule has 24 heavy (non-hydrogen) atoms. The van der Waals surface area contributed by atoms with Crippen molar-refractivity contribution in [3.8, 4) is 0 Å². The Morgan fingerprint density at radius 1 is 0.833 bits per heavy atom. The molecule has 0 fully saturated rings. The topological polar surface area (TPSA) is 79.5 Å². The monoisotopic (exact) mass is 328 g/mol. The highest BCUT2D eigenvalue weighted by molar-refractivity contribution is 5.60. The molecule has 0 amide bonds. The minimum atomic E-state index is -0.842. The fourth-order valence-corrected chi connectivity index (χ4v) is 1.71. The number of carbonyl (C=O) groups excluding carboxylic acids is 1. The minimum absolute atomic E-state index is 0.0258. The lowest BCUT2D eigenvalue weighted by molar-refractivity contribution is 0.0719. The van der Waals surface area contributed by atoms with Crippen molar-refractivity contribution in [2.75, 3.05) is 13.2 Å². The lowest BCUT2D eigenvalue weighted by Gasteiger charge is -2.02. The maximum Gasteiger partial charge on any atom is 0.508 e. The second kappa shape index (κ2) is 8.94. The van der Waals surface area contributed by atoms with Gasteiger partial charge in [0.25, 0.3) is 11.1 Å². The Labute approximate surface area is 137 Å². The summed E-state index contributed by atoms with van der Waals surface area (Å²) in [6, 6.07) is 9.54. The summed E-state index contributed by atoms with van der Waals surface area (Å²) >= 11 is 0. The Bertz CT molecular complexity index is 779. The predicted molar refractivity (Wildman–Crippen MR) is 89.4 cm³/mol. The number of hydrogen-bond acceptors (Lipinski definition) is 5. The van der Waals surface area contributed by atoms with Crippen LogP contribution in [-0.2, 0) is 9.47 Å². The molecule has 0 saturated heterocycles. The molecule has 0 aliphatic heterocycles. The quantitative estimate of drug-likeness (QED) is 0.756. The zero-order chi connectivity index (χ0) is 17.2. The van der Waals surface area contributed by atoms with Crippen LogP contribution in [0.3, 0.4) is 0 Å². The molecule has 0 aliphatic carbocycles. The van der Waals surface area contributed by atoms with Crippen LogP contribution in [0.25, 0.3) is 12.4 Å². The molecule has 0 aliphatic rings. The van der Waals surface area contributed by atoms with Gasteiger partial charge in [-0.25, -0.2) is 4.79 Å². The van der Waals surface area contributed by atoms with Crippen molar-refractivity contribution < 1.29 is 14.3 Å². The predicted octanol–water partition coefficient (Wildman–Crippen LogP) is 1.80. The van der Waals surface area contributed by atoms with Crippen molar-refractivity contribution in [1.82, 2.24) is 9.13 Å². The van der Waals surface area contributed by atoms with E-state index in [0.29, 0.717) is 0 Å². The molecular weight excluding hydrogens is 312 g/mol. The molecule has 0 bridgehead atoms. The van der Waals surface area contributed by atoms with Gasteiger partial charge < -0.3 is 9.47 Å². The number of carbonyl (C=O) groups is 1. The second-order valence-electron chi connectivity index (χ2n) is 4.53. The smallest absolute Gasteiger partial charge is 0.430 e. The van der Waals surface area contributed by atoms with Crippen molar-refractivity contribution in [1.29, 1.82) is 0 Å². The second-order valence-corrected chi connectivity index (χ2v) is 4.53. The number of nitrogens with zero attached hydrogens (tertiary/aromatic N) is 2. The van der Waals surface area contributed by atoms with E-state index in [1.807, 2.05) is 0 Å². The zero-order valence-corrected chi connectivity index (χ0v) is 12.8. The van der Waals surface area contributed by atoms with Gasteiger partial charge in [-0.2, -0.15) is 0 Å². The van der Waals surface area contributed by atoms with E-state index >= 15 is 0 Å². The van der Waals surface area contributed by atoms with Crippen LogP contribution < -0.4 is 11.1 Å². The van der Waals surface area contributed by atoms with Crippen molar-refractivity contribution >= 4 is 18.6 Å². The first kappa shape index (κ1) is 17.0. The molecular formula is C17H16N2O5. The van der Waals surface area contributed by atoms with Crippen LogP contribution in [0.1, 0.15) is 0 Å². The van der Waals surface area contributed by atoms with Gasteiger partial charge in [-0.1, -0.05) is 12.1 Å². The average Bonchev–Trinajstić information content (AvgIpc) is 2.58. The maximum atomic E-state index is 11.4. The van der Waals surface area contributed by atoms with Gasteiger partial charge in [-0.15, -0.1) is 0 Å². The Morgan fingerprint density at radius 3 is 1.71 bits per heavy atom. The number of rotatable bonds is 6. The van der Waals surface area contributed by atoms with Crippen LogP contribution in [0.2, 0.25) is 0 Å². The Hall–Kier alpha value is -3.35. The SMILES string of the molecule is O=C(OCC=Cn1ccccc1=O)OCC=Cn1ccccc1=O. The minimum Gasteiger partial charge on any atom is -0.430 e. The van der Waals surface area contributed by atoms with E-state index in [1.165, 1.54) is 45.8 Å². The van der Waals surface area contributed by atoms with E-state index in [0.717, 1.165) is 0 Å². The Balaban J connectivity index is 1.70. The van der Waals surface area contributed by atoms with Crippen LogP contribution in [0, 0.1) is 0 Å². The van der Waals surface area contributed by atoms with Crippen molar-refractivity contribution in [2.45, 2.75) is 0 Å². The molecule has 2 heterocycles. The number of hydrogen-bond donors (Lipinski definition) is 0. The summed E-state index contributed by atoms with van der Waals surface area (Å²) in [5.41, 5.74) is -0.366. The molecule has 2 rings (SSSR count). The molecule has 124 valence electrons. The van der Waals surface area contributed by atoms with E-state index in [9.17, 15) is 14.4 Å². The van der Waals surface area contributed by atoms with E-state index in [-0.39, 0.29) is 24.3 Å². The lowest BCUT2D eigenvalue weighted by Crippen LogP contribution is -2.13. The summed E-state index contributed by atoms with van der Waals surface area (Å²) in [5.74, 6) is 0. The summed E-state index contributed by atoms with van der Waals surface area (Å²) in [7, 11) is 0. The highest BCUT2D eigenvalue weighted by Crippen LogP contribution is 1.90. The van der Waals surface area contributed by atoms with Gasteiger partial charge in [0.1, 0.15) is 13.2 Å². The summed E-state index contributed by atoms with van der Waals surface area (Å²) in [5, 5.41) is 0. The summed E-state index contributed by atoms with van der Waals surface area (Å²) in [6.07, 6.45) is 8.37. The largest absolute Gasteiger partial charge is 0.508 e. The first-order chi connectivity index (χ1) is 11.7. The van der Waals surface area contributed by atoms with Crippen molar-refractivity contribution in [3.63, 3.8) is 0 Å². The fourth-order valence-electron chi connectivity index (χ4n) is 1.71. The zero-order valence-electron chi connectivity index (χ0n) is 12.8. The fraction of sp³-hybridized carbons (Fsp3) is 0.118. The van der Waals surface area contributed by atoms with Gasteiger partial charge in [0.15, 0.2) is 0 Å². The van der Waals surface area contributed by atoms with Gasteiger partial charge in [-0.05, 0) is 24.3 Å². The van der Waals surface area contributed by atoms with Crippen LogP contribution in [0.15, 0.2) is 70.5 Å². The summed E-state index contributed by atoms with van der Waals surface area (Å²) in [4.78, 5) is 34.2. The van der Waals surface area contributed by atoms with Crippen molar-refractivity contribution in [2.24, 2.45) is 0 Å². The van der Waals surface area contributed by atoms with E-state index in [1.54, 1.807) is 36.7 Å². The Kier molecular flexibility index (Phi) is 6.34. The van der Waals surface area contributed by atoms with Crippen LogP contribution >= 0.6 is 0 Å². The third kappa shape index (κ3) is 5.45. The van der Waals surface area contributed by atoms with Gasteiger partial charge in [0.05, 0.1) is 0 Å². The molecule has 0 aromatic carbocycles. The van der Waals surface area contributed by atoms with Gasteiger partial charge >= 0.3 is 6.16 Å². The lowest BCUT2D eigenvalue weighted by atomic mass is 10.5. The summed E-state index contributed by atoms with van der Waals surface area (Å²) < 4.78 is 12.3. The molecule has 0 N–H and O–H groups in total. The Morgan fingerprint density at radius 2 is 1.29 bits per heavy atom. The van der Waals surface area contributed by atoms with Gasteiger partial charge in [0.2, 0.25) is 0 Å². The van der Waals surface area contributed by atoms with Crippen LogP contribution in [-0.4, -0.2) is 28.5 Å². The molecule has 0 saturated carbocycles. The first-order valence-corrected chi connectivity index (χ1v) is 7.14. The van der Waals surface area contributed by atoms with Crippen LogP contribution in [0.4, 0.5) is 4.79 Å². The van der Waals surface area contributed by atoms with Crippen molar-refractivity contribution in [3.05, 3.63) is 81.7 Å². The molecule has 2 aromatic heterocycles. The highest BCUT2D eigenvalue weighted by atomic mass is 16.7. The van der Waals surface area contributed by atoms with E-state index < -0.39 is 6.16 Å². The normalized spacial score (nSPS) is 11.0. The molecule has 0 unspecified atom stereocenters. The molecule has 0 radical (unpaired) electrons. The molecule has 2 aromatic rings. The molecule has 0 spiro atoms. The molecule has 0 atom stereocenters. The maximum absolute atomic E-state index is 11.4. The summed E-state index contributed by atoms with van der Waals surface area (Å²) in [6.45, 7) is -0.0515. The number of ether oxygens (including phenoxy) is 2.